The molecule has 20 heavy (non-hydrogen) atoms. The van der Waals surface area contributed by atoms with E-state index in [0.29, 0.717) is 0 Å². The monoisotopic (exact) mass is 276 g/mol. The molecule has 0 bridgehead atoms. The first-order valence-electron chi connectivity index (χ1n) is 8.02. The summed E-state index contributed by atoms with van der Waals surface area (Å²) in [7, 11) is 0. The second-order valence-electron chi connectivity index (χ2n) is 6.09. The lowest BCUT2D eigenvalue weighted by molar-refractivity contribution is 0.351. The van der Waals surface area contributed by atoms with Crippen molar-refractivity contribution < 1.29 is 0 Å². The fourth-order valence-corrected chi connectivity index (χ4v) is 2.87. The molecule has 4 nitrogen and oxygen atoms in total. The van der Waals surface area contributed by atoms with Crippen LogP contribution in [0.25, 0.3) is 0 Å². The fraction of sp³-hybridized carbons (Fsp3) is 0.750. The zero-order valence-corrected chi connectivity index (χ0v) is 13.1. The van der Waals surface area contributed by atoms with E-state index in [-0.39, 0.29) is 0 Å². The number of hydrogen-bond donors (Lipinski definition) is 1. The van der Waals surface area contributed by atoms with Gasteiger partial charge in [-0.3, -0.25) is 0 Å². The van der Waals surface area contributed by atoms with Crippen LogP contribution >= 0.6 is 0 Å². The Morgan fingerprint density at radius 2 is 2.20 bits per heavy atom. The third-order valence-corrected chi connectivity index (χ3v) is 4.21. The van der Waals surface area contributed by atoms with Crippen LogP contribution < -0.4 is 10.2 Å². The van der Waals surface area contributed by atoms with Gasteiger partial charge in [-0.05, 0) is 43.6 Å². The zero-order chi connectivity index (χ0) is 14.4. The summed E-state index contributed by atoms with van der Waals surface area (Å²) in [5.41, 5.74) is 0. The molecule has 1 fully saturated rings. The van der Waals surface area contributed by atoms with Gasteiger partial charge in [0, 0.05) is 25.8 Å². The standard InChI is InChI=1S/C16H28N4/c1-4-9-17-16-18-10-7-15(19-16)20-11-5-6-14(8-12-20)13(2)3/h7,10,13-14H,4-6,8-9,11-12H2,1-3H3,(H,17,18,19). The predicted octanol–water partition coefficient (Wildman–Crippen LogP) is 3.56. The summed E-state index contributed by atoms with van der Waals surface area (Å²) in [5.74, 6) is 3.48. The van der Waals surface area contributed by atoms with Crippen LogP contribution in [-0.4, -0.2) is 29.6 Å². The van der Waals surface area contributed by atoms with E-state index in [4.69, 9.17) is 0 Å². The molecule has 1 atom stereocenters. The van der Waals surface area contributed by atoms with Gasteiger partial charge >= 0.3 is 0 Å². The van der Waals surface area contributed by atoms with Gasteiger partial charge in [0.1, 0.15) is 5.82 Å². The van der Waals surface area contributed by atoms with E-state index in [1.54, 1.807) is 0 Å². The zero-order valence-electron chi connectivity index (χ0n) is 13.1. The van der Waals surface area contributed by atoms with Crippen LogP contribution in [0.2, 0.25) is 0 Å². The lowest BCUT2D eigenvalue weighted by atomic mass is 9.89. The molecule has 1 aromatic rings. The molecule has 1 saturated heterocycles. The van der Waals surface area contributed by atoms with Crippen molar-refractivity contribution in [1.29, 1.82) is 0 Å². The van der Waals surface area contributed by atoms with Gasteiger partial charge in [-0.15, -0.1) is 0 Å². The lowest BCUT2D eigenvalue weighted by Gasteiger charge is -2.22. The molecule has 112 valence electrons. The number of aromatic nitrogens is 2. The highest BCUT2D eigenvalue weighted by atomic mass is 15.2. The SMILES string of the molecule is CCCNc1nccc(N2CCCC(C(C)C)CC2)n1. The van der Waals surface area contributed by atoms with E-state index < -0.39 is 0 Å². The van der Waals surface area contributed by atoms with Crippen molar-refractivity contribution in [3.8, 4) is 0 Å². The Hall–Kier alpha value is -1.32. The van der Waals surface area contributed by atoms with Gasteiger partial charge in [-0.1, -0.05) is 20.8 Å². The quantitative estimate of drug-likeness (QED) is 0.892. The maximum atomic E-state index is 4.65. The van der Waals surface area contributed by atoms with Crippen molar-refractivity contribution in [2.24, 2.45) is 11.8 Å². The van der Waals surface area contributed by atoms with Crippen molar-refractivity contribution >= 4 is 11.8 Å². The van der Waals surface area contributed by atoms with E-state index in [1.807, 2.05) is 12.3 Å². The Kier molecular flexibility index (Phi) is 5.62. The number of nitrogens with one attached hydrogen (secondary N) is 1. The highest BCUT2D eigenvalue weighted by molar-refractivity contribution is 5.42. The third-order valence-electron chi connectivity index (χ3n) is 4.21. The van der Waals surface area contributed by atoms with E-state index in [1.165, 1.54) is 19.3 Å². The van der Waals surface area contributed by atoms with Gasteiger partial charge < -0.3 is 10.2 Å². The van der Waals surface area contributed by atoms with Crippen LogP contribution in [0, 0.1) is 11.8 Å². The van der Waals surface area contributed by atoms with Crippen molar-refractivity contribution in [1.82, 2.24) is 9.97 Å². The van der Waals surface area contributed by atoms with Crippen molar-refractivity contribution in [3.63, 3.8) is 0 Å². The lowest BCUT2D eigenvalue weighted by Crippen LogP contribution is -2.26. The molecule has 2 heterocycles. The summed E-state index contributed by atoms with van der Waals surface area (Å²) in [5, 5.41) is 3.27. The van der Waals surface area contributed by atoms with Crippen molar-refractivity contribution in [2.45, 2.75) is 46.5 Å². The molecule has 0 spiro atoms. The second-order valence-corrected chi connectivity index (χ2v) is 6.09. The topological polar surface area (TPSA) is 41.1 Å². The molecule has 1 aromatic heterocycles. The Labute approximate surface area is 123 Å². The maximum absolute atomic E-state index is 4.65. The highest BCUT2D eigenvalue weighted by Crippen LogP contribution is 2.26. The van der Waals surface area contributed by atoms with Crippen LogP contribution in [-0.2, 0) is 0 Å². The first kappa shape index (κ1) is 15.1. The Morgan fingerprint density at radius 3 is 2.95 bits per heavy atom. The Bertz CT molecular complexity index is 405. The smallest absolute Gasteiger partial charge is 0.224 e. The molecule has 1 aliphatic heterocycles. The summed E-state index contributed by atoms with van der Waals surface area (Å²) in [4.78, 5) is 11.4. The molecule has 1 N–H and O–H groups in total. The van der Waals surface area contributed by atoms with Crippen LogP contribution in [0.15, 0.2) is 12.3 Å². The van der Waals surface area contributed by atoms with Gasteiger partial charge in [0.05, 0.1) is 0 Å². The summed E-state index contributed by atoms with van der Waals surface area (Å²) < 4.78 is 0. The number of hydrogen-bond acceptors (Lipinski definition) is 4. The maximum Gasteiger partial charge on any atom is 0.224 e. The number of rotatable bonds is 5. The van der Waals surface area contributed by atoms with Crippen LogP contribution in [0.4, 0.5) is 11.8 Å². The van der Waals surface area contributed by atoms with Gasteiger partial charge in [0.25, 0.3) is 0 Å². The average molecular weight is 276 g/mol. The minimum absolute atomic E-state index is 0.758. The van der Waals surface area contributed by atoms with Crippen molar-refractivity contribution in [3.05, 3.63) is 12.3 Å². The van der Waals surface area contributed by atoms with Gasteiger partial charge in [0.15, 0.2) is 0 Å². The molecule has 0 radical (unpaired) electrons. The van der Waals surface area contributed by atoms with Gasteiger partial charge in [0.2, 0.25) is 5.95 Å². The Balaban J connectivity index is 2.00. The van der Waals surface area contributed by atoms with Crippen LogP contribution in [0.3, 0.4) is 0 Å². The molecule has 0 aromatic carbocycles. The predicted molar refractivity (Wildman–Crippen MR) is 85.2 cm³/mol. The number of anilines is 2. The van der Waals surface area contributed by atoms with Crippen LogP contribution in [0.1, 0.15) is 46.5 Å². The van der Waals surface area contributed by atoms with E-state index in [2.05, 4.69) is 41.0 Å². The molecule has 0 amide bonds. The minimum Gasteiger partial charge on any atom is -0.356 e. The Morgan fingerprint density at radius 1 is 1.35 bits per heavy atom. The molecular weight excluding hydrogens is 248 g/mol. The molecule has 0 saturated carbocycles. The summed E-state index contributed by atoms with van der Waals surface area (Å²) in [6.45, 7) is 10.0. The first-order chi connectivity index (χ1) is 9.70. The minimum atomic E-state index is 0.758. The first-order valence-corrected chi connectivity index (χ1v) is 8.02. The second kappa shape index (κ2) is 7.46. The van der Waals surface area contributed by atoms with Gasteiger partial charge in [-0.25, -0.2) is 4.98 Å². The molecule has 2 rings (SSSR count). The van der Waals surface area contributed by atoms with Crippen LogP contribution in [0.5, 0.6) is 0 Å². The van der Waals surface area contributed by atoms with E-state index in [0.717, 1.165) is 49.7 Å². The molecule has 4 heteroatoms. The third kappa shape index (κ3) is 4.09. The normalized spacial score (nSPS) is 20.0. The largest absolute Gasteiger partial charge is 0.356 e. The van der Waals surface area contributed by atoms with E-state index in [9.17, 15) is 0 Å². The summed E-state index contributed by atoms with van der Waals surface area (Å²) in [6.07, 6.45) is 6.85. The molecule has 1 aliphatic rings. The van der Waals surface area contributed by atoms with E-state index >= 15 is 0 Å². The average Bonchev–Trinajstić information content (AvgIpc) is 2.71. The highest BCUT2D eigenvalue weighted by Gasteiger charge is 2.20. The number of nitrogens with zero attached hydrogens (tertiary/aromatic N) is 3. The van der Waals surface area contributed by atoms with Gasteiger partial charge in [-0.2, -0.15) is 4.98 Å². The van der Waals surface area contributed by atoms with Crippen molar-refractivity contribution in [2.75, 3.05) is 29.9 Å². The molecule has 0 aliphatic carbocycles. The molecule has 1 unspecified atom stereocenters. The molecular formula is C16H28N4. The fourth-order valence-electron chi connectivity index (χ4n) is 2.87. The summed E-state index contributed by atoms with van der Waals surface area (Å²) >= 11 is 0. The summed E-state index contributed by atoms with van der Waals surface area (Å²) in [6, 6.07) is 2.03.